The Labute approximate surface area is 645 Å². The van der Waals surface area contributed by atoms with E-state index in [2.05, 4.69) is 61.8 Å². The van der Waals surface area contributed by atoms with Gasteiger partial charge in [0.1, 0.15) is 23.0 Å². The molecule has 6 heteroatoms. The molecule has 0 fully saturated rings. The molecule has 2 rings (SSSR count). The summed E-state index contributed by atoms with van der Waals surface area (Å²) in [5, 5.41) is 0. The van der Waals surface area contributed by atoms with E-state index >= 15 is 0 Å². The number of unbranched alkanes of at least 4 members (excludes halogenated alkanes) is 68. The number of benzene rings is 2. The van der Waals surface area contributed by atoms with Gasteiger partial charge in [-0.25, -0.2) is 0 Å². The molecule has 2 aromatic rings. The second-order valence-electron chi connectivity index (χ2n) is 32.9. The van der Waals surface area contributed by atoms with Gasteiger partial charge in [-0.3, -0.25) is 0 Å². The highest BCUT2D eigenvalue weighted by Crippen LogP contribution is 2.42. The molecule has 0 atom stereocenters. The van der Waals surface area contributed by atoms with Crippen molar-refractivity contribution in [2.24, 2.45) is 0 Å². The van der Waals surface area contributed by atoms with Crippen molar-refractivity contribution in [2.45, 2.75) is 496 Å². The van der Waals surface area contributed by atoms with Crippen LogP contribution in [-0.4, -0.2) is 54.6 Å². The lowest BCUT2D eigenvalue weighted by Crippen LogP contribution is -2.26. The Kier molecular flexibility index (Phi) is 71.1. The van der Waals surface area contributed by atoms with Crippen LogP contribution in [-0.2, 0) is 6.42 Å². The first-order valence-corrected chi connectivity index (χ1v) is 47.0. The van der Waals surface area contributed by atoms with E-state index in [1.54, 1.807) is 0 Å². The lowest BCUT2D eigenvalue weighted by Gasteiger charge is -2.28. The van der Waals surface area contributed by atoms with Crippen molar-refractivity contribution in [1.29, 1.82) is 0 Å². The summed E-state index contributed by atoms with van der Waals surface area (Å²) in [4.78, 5) is 5.33. The summed E-state index contributed by atoms with van der Waals surface area (Å²) in [6.07, 6.45) is 102. The van der Waals surface area contributed by atoms with Crippen LogP contribution in [0.15, 0.2) is 24.3 Å². The molecule has 103 heavy (non-hydrogen) atoms. The second-order valence-corrected chi connectivity index (χ2v) is 32.9. The van der Waals surface area contributed by atoms with E-state index in [1.807, 2.05) is 28.4 Å². The predicted molar refractivity (Wildman–Crippen MR) is 461 cm³/mol. The predicted octanol–water partition coefficient (Wildman–Crippen LogP) is 33.1. The van der Waals surface area contributed by atoms with E-state index < -0.39 is 0 Å². The first kappa shape index (κ1) is 96.3. The SMILES string of the molecule is CCCCCCCCCCCCCCCCCCCCN(CCCCCCCCCCCCCCCCCCCC)c1cc(OC)c(Cc2c(OC)cc(N(CCCCCCCCCCCCCCCCCCCC)CCCCCCCCCCCCCCCCCCCC)cc2OC)c(OC)c1. The molecular weight excluding hydrogens is 1260 g/mol. The van der Waals surface area contributed by atoms with E-state index in [0.29, 0.717) is 6.42 Å². The Hall–Kier alpha value is -2.76. The summed E-state index contributed by atoms with van der Waals surface area (Å²) >= 11 is 0. The van der Waals surface area contributed by atoms with Gasteiger partial charge in [0, 0.05) is 79.4 Å². The molecule has 0 bridgehead atoms. The van der Waals surface area contributed by atoms with Crippen LogP contribution in [0.3, 0.4) is 0 Å². The molecule has 0 aliphatic rings. The van der Waals surface area contributed by atoms with Crippen molar-refractivity contribution >= 4 is 11.4 Å². The van der Waals surface area contributed by atoms with Crippen molar-refractivity contribution in [3.05, 3.63) is 35.4 Å². The molecule has 0 N–H and O–H groups in total. The van der Waals surface area contributed by atoms with Gasteiger partial charge in [0.2, 0.25) is 0 Å². The van der Waals surface area contributed by atoms with Gasteiger partial charge < -0.3 is 28.7 Å². The maximum absolute atomic E-state index is 6.40. The van der Waals surface area contributed by atoms with Crippen LogP contribution in [0.5, 0.6) is 23.0 Å². The van der Waals surface area contributed by atoms with Crippen LogP contribution in [0.4, 0.5) is 11.4 Å². The Bertz CT molecular complexity index is 1770. The number of ether oxygens (including phenoxy) is 4. The Morgan fingerprint density at radius 1 is 0.175 bits per heavy atom. The third kappa shape index (κ3) is 56.2. The van der Waals surface area contributed by atoms with Gasteiger partial charge in [-0.15, -0.1) is 0 Å². The van der Waals surface area contributed by atoms with Crippen LogP contribution < -0.4 is 28.7 Å². The van der Waals surface area contributed by atoms with Crippen LogP contribution in [0, 0.1) is 0 Å². The van der Waals surface area contributed by atoms with E-state index in [0.717, 1.165) is 60.3 Å². The minimum atomic E-state index is 0.594. The number of hydrogen-bond donors (Lipinski definition) is 0. The Morgan fingerprint density at radius 2 is 0.291 bits per heavy atom. The zero-order valence-electron chi connectivity index (χ0n) is 71.3. The topological polar surface area (TPSA) is 43.4 Å². The monoisotopic (exact) mass is 1440 g/mol. The molecule has 0 aliphatic heterocycles. The fourth-order valence-corrected chi connectivity index (χ4v) is 16.4. The van der Waals surface area contributed by atoms with Gasteiger partial charge in [0.05, 0.1) is 28.4 Å². The average molecular weight is 1440 g/mol. The second kappa shape index (κ2) is 76.0. The molecule has 0 amide bonds. The summed E-state index contributed by atoms with van der Waals surface area (Å²) in [5.41, 5.74) is 4.55. The largest absolute Gasteiger partial charge is 0.496 e. The fourth-order valence-electron chi connectivity index (χ4n) is 16.4. The van der Waals surface area contributed by atoms with Crippen molar-refractivity contribution in [3.63, 3.8) is 0 Å². The number of anilines is 2. The minimum absolute atomic E-state index is 0.594. The third-order valence-corrected chi connectivity index (χ3v) is 23.4. The van der Waals surface area contributed by atoms with Crippen LogP contribution in [0.1, 0.15) is 501 Å². The smallest absolute Gasteiger partial charge is 0.128 e. The van der Waals surface area contributed by atoms with Gasteiger partial charge in [-0.2, -0.15) is 0 Å². The normalized spacial score (nSPS) is 11.6. The molecule has 0 heterocycles. The standard InChI is InChI=1S/C97H182N2O4/c1-9-13-17-21-25-29-33-37-41-45-49-53-57-61-65-69-73-77-81-98(82-78-74-70-66-62-58-54-50-46-42-38-34-30-26-22-18-14-10-2)90-85-94(100-5)92(95(86-90)101-6)89-93-96(102-7)87-91(88-97(93)103-8)99(83-79-75-71-67-63-59-55-51-47-43-39-35-31-27-23-19-15-11-3)84-80-76-72-68-64-60-56-52-48-44-40-36-32-28-24-20-16-12-4/h85-88H,9-84,89H2,1-8H3. The molecule has 0 unspecified atom stereocenters. The molecule has 2 aromatic carbocycles. The van der Waals surface area contributed by atoms with Crippen molar-refractivity contribution in [2.75, 3.05) is 64.4 Å². The summed E-state index contributed by atoms with van der Waals surface area (Å²) in [7, 11) is 7.37. The Morgan fingerprint density at radius 3 is 0.408 bits per heavy atom. The molecule has 0 radical (unpaired) electrons. The van der Waals surface area contributed by atoms with Gasteiger partial charge in [-0.05, 0) is 25.7 Å². The summed E-state index contributed by atoms with van der Waals surface area (Å²) in [6, 6.07) is 9.26. The minimum Gasteiger partial charge on any atom is -0.496 e. The maximum atomic E-state index is 6.40. The highest BCUT2D eigenvalue weighted by atomic mass is 16.5. The van der Waals surface area contributed by atoms with E-state index in [9.17, 15) is 0 Å². The number of methoxy groups -OCH3 is 4. The van der Waals surface area contributed by atoms with E-state index in [4.69, 9.17) is 18.9 Å². The number of hydrogen-bond acceptors (Lipinski definition) is 6. The summed E-state index contributed by atoms with van der Waals surface area (Å²) in [5.74, 6) is 3.53. The zero-order valence-corrected chi connectivity index (χ0v) is 71.3. The molecule has 0 aliphatic carbocycles. The van der Waals surface area contributed by atoms with E-state index in [-0.39, 0.29) is 0 Å². The quantitative estimate of drug-likeness (QED) is 0.0615. The van der Waals surface area contributed by atoms with Crippen LogP contribution in [0.2, 0.25) is 0 Å². The Balaban J connectivity index is 2.12. The lowest BCUT2D eigenvalue weighted by molar-refractivity contribution is 0.377. The highest BCUT2D eigenvalue weighted by Gasteiger charge is 2.23. The van der Waals surface area contributed by atoms with Crippen molar-refractivity contribution in [1.82, 2.24) is 0 Å². The molecule has 0 saturated heterocycles. The van der Waals surface area contributed by atoms with Crippen LogP contribution >= 0.6 is 0 Å². The lowest BCUT2D eigenvalue weighted by atomic mass is 9.99. The first-order valence-electron chi connectivity index (χ1n) is 47.0. The number of nitrogens with zero attached hydrogens (tertiary/aromatic N) is 2. The number of rotatable bonds is 84. The zero-order chi connectivity index (χ0) is 73.9. The fraction of sp³-hybridized carbons (Fsp3) is 0.876. The van der Waals surface area contributed by atoms with Gasteiger partial charge in [-0.1, -0.05) is 464 Å². The summed E-state index contributed by atoms with van der Waals surface area (Å²) in [6.45, 7) is 13.6. The van der Waals surface area contributed by atoms with E-state index in [1.165, 1.54) is 474 Å². The van der Waals surface area contributed by atoms with Crippen molar-refractivity contribution < 1.29 is 18.9 Å². The maximum Gasteiger partial charge on any atom is 0.128 e. The molecule has 0 saturated carbocycles. The summed E-state index contributed by atoms with van der Waals surface area (Å²) < 4.78 is 25.6. The first-order chi connectivity index (χ1) is 51.0. The molecule has 0 aromatic heterocycles. The molecular formula is C97H182N2O4. The third-order valence-electron chi connectivity index (χ3n) is 23.4. The van der Waals surface area contributed by atoms with Gasteiger partial charge >= 0.3 is 0 Å². The molecule has 0 spiro atoms. The molecule has 6 nitrogen and oxygen atoms in total. The molecule has 604 valence electrons. The van der Waals surface area contributed by atoms with Gasteiger partial charge in [0.15, 0.2) is 0 Å². The van der Waals surface area contributed by atoms with Gasteiger partial charge in [0.25, 0.3) is 0 Å². The average Bonchev–Trinajstić information content (AvgIpc) is 0.790. The van der Waals surface area contributed by atoms with Crippen LogP contribution in [0.25, 0.3) is 0 Å². The highest BCUT2D eigenvalue weighted by molar-refractivity contribution is 5.65. The van der Waals surface area contributed by atoms with Crippen molar-refractivity contribution in [3.8, 4) is 23.0 Å².